The lowest BCUT2D eigenvalue weighted by molar-refractivity contribution is -0.131. The number of nitrogens with one attached hydrogen (secondary N) is 1. The first-order valence-corrected chi connectivity index (χ1v) is 14.9. The summed E-state index contributed by atoms with van der Waals surface area (Å²) in [5, 5.41) is 33.8. The lowest BCUT2D eigenvalue weighted by Crippen LogP contribution is -2.32. The quantitative estimate of drug-likeness (QED) is 0.182. The van der Waals surface area contributed by atoms with E-state index in [-0.39, 0.29) is 66.3 Å². The van der Waals surface area contributed by atoms with Crippen molar-refractivity contribution in [3.05, 3.63) is 82.7 Å². The Balaban J connectivity index is 1.62. The lowest BCUT2D eigenvalue weighted by atomic mass is 9.72. The van der Waals surface area contributed by atoms with E-state index in [1.54, 1.807) is 19.2 Å². The van der Waals surface area contributed by atoms with E-state index in [1.165, 1.54) is 25.1 Å². The van der Waals surface area contributed by atoms with Gasteiger partial charge in [0.2, 0.25) is 0 Å². The molecule has 1 aliphatic rings. The molecule has 3 unspecified atom stereocenters. The van der Waals surface area contributed by atoms with Crippen LogP contribution in [0, 0.1) is 23.6 Å². The predicted octanol–water partition coefficient (Wildman–Crippen LogP) is 4.79. The zero-order valence-corrected chi connectivity index (χ0v) is 25.1. The number of halogens is 1. The third kappa shape index (κ3) is 7.96. The normalized spacial score (nSPS) is 15.8. The van der Waals surface area contributed by atoms with E-state index in [4.69, 9.17) is 4.74 Å². The fourth-order valence-electron chi connectivity index (χ4n) is 6.34. The second kappa shape index (κ2) is 15.2. The Labute approximate surface area is 256 Å². The Hall–Kier alpha value is -3.92. The van der Waals surface area contributed by atoms with Crippen LogP contribution in [0.3, 0.4) is 0 Å². The molecule has 8 nitrogen and oxygen atoms in total. The van der Waals surface area contributed by atoms with Gasteiger partial charge in [-0.3, -0.25) is 14.4 Å². The van der Waals surface area contributed by atoms with Crippen molar-refractivity contribution in [1.29, 1.82) is 0 Å². The number of aromatic hydroxyl groups is 1. The van der Waals surface area contributed by atoms with Gasteiger partial charge in [-0.25, -0.2) is 4.39 Å². The van der Waals surface area contributed by atoms with E-state index in [2.05, 4.69) is 5.32 Å². The fraction of sp³-hybridized carbons (Fsp3) is 0.400. The van der Waals surface area contributed by atoms with Crippen LogP contribution in [0.2, 0.25) is 0 Å². The number of ketones is 3. The van der Waals surface area contributed by atoms with Gasteiger partial charge in [0, 0.05) is 37.6 Å². The van der Waals surface area contributed by atoms with E-state index in [0.29, 0.717) is 37.2 Å². The number of aliphatic hydroxyl groups is 2. The summed E-state index contributed by atoms with van der Waals surface area (Å²) < 4.78 is 19.3. The second-order valence-corrected chi connectivity index (χ2v) is 11.6. The Morgan fingerprint density at radius 1 is 1.02 bits per heavy atom. The number of hydrogen-bond donors (Lipinski definition) is 4. The summed E-state index contributed by atoms with van der Waals surface area (Å²) >= 11 is 0. The monoisotopic (exact) mass is 605 g/mol. The molecule has 0 saturated heterocycles. The zero-order valence-electron chi connectivity index (χ0n) is 25.1. The van der Waals surface area contributed by atoms with Crippen molar-refractivity contribution in [2.24, 2.45) is 17.8 Å². The molecule has 0 saturated carbocycles. The molecular formula is C35H40FNO7. The van der Waals surface area contributed by atoms with E-state index in [1.807, 2.05) is 24.3 Å². The number of methoxy groups -OCH3 is 1. The molecule has 0 amide bonds. The van der Waals surface area contributed by atoms with Crippen LogP contribution in [0.25, 0.3) is 11.1 Å². The van der Waals surface area contributed by atoms with Gasteiger partial charge in [-0.2, -0.15) is 0 Å². The molecular weight excluding hydrogens is 565 g/mol. The first-order chi connectivity index (χ1) is 21.1. The van der Waals surface area contributed by atoms with Crippen molar-refractivity contribution in [2.75, 3.05) is 20.3 Å². The van der Waals surface area contributed by atoms with Crippen molar-refractivity contribution in [1.82, 2.24) is 5.32 Å². The molecule has 9 heteroatoms. The highest BCUT2D eigenvalue weighted by Gasteiger charge is 2.35. The summed E-state index contributed by atoms with van der Waals surface area (Å²) in [5.41, 5.74) is 4.19. The maximum Gasteiger partial charge on any atom is 0.167 e. The number of phenols is 1. The van der Waals surface area contributed by atoms with Crippen LogP contribution in [0.1, 0.15) is 59.7 Å². The van der Waals surface area contributed by atoms with Gasteiger partial charge in [-0.1, -0.05) is 24.3 Å². The smallest absolute Gasteiger partial charge is 0.167 e. The first kappa shape index (κ1) is 33.0. The van der Waals surface area contributed by atoms with Crippen LogP contribution >= 0.6 is 0 Å². The number of benzene rings is 3. The maximum atomic E-state index is 13.6. The van der Waals surface area contributed by atoms with Crippen molar-refractivity contribution in [3.63, 3.8) is 0 Å². The molecule has 0 spiro atoms. The van der Waals surface area contributed by atoms with Gasteiger partial charge in [-0.15, -0.1) is 0 Å². The van der Waals surface area contributed by atoms with E-state index < -0.39 is 18.4 Å². The molecule has 0 bridgehead atoms. The maximum absolute atomic E-state index is 13.6. The van der Waals surface area contributed by atoms with Crippen LogP contribution in [-0.4, -0.2) is 53.0 Å². The van der Waals surface area contributed by atoms with Crippen LogP contribution < -0.4 is 10.1 Å². The van der Waals surface area contributed by atoms with Crippen LogP contribution in [-0.2, 0) is 29.1 Å². The summed E-state index contributed by atoms with van der Waals surface area (Å²) in [6.07, 6.45) is 0.919. The van der Waals surface area contributed by atoms with Crippen molar-refractivity contribution in [2.45, 2.75) is 52.1 Å². The Kier molecular flexibility index (Phi) is 11.4. The van der Waals surface area contributed by atoms with Gasteiger partial charge in [0.15, 0.2) is 5.78 Å². The number of fused-ring (bicyclic) bond motifs is 1. The molecule has 3 aromatic carbocycles. The molecule has 0 radical (unpaired) electrons. The van der Waals surface area contributed by atoms with E-state index in [9.17, 15) is 34.1 Å². The van der Waals surface area contributed by atoms with Crippen LogP contribution in [0.4, 0.5) is 4.39 Å². The molecule has 44 heavy (non-hydrogen) atoms. The number of hydrogen-bond acceptors (Lipinski definition) is 8. The SMILES string of the molecule is COc1ccc(CNCc2cccc(F)c2)cc1-c1ccc(O)c2c1CC(CC(CCO)C(CO)C(=O)CC(C)=O)CC2=O. The number of ether oxygens (including phenoxy) is 1. The lowest BCUT2D eigenvalue weighted by Gasteiger charge is -2.32. The third-order valence-corrected chi connectivity index (χ3v) is 8.38. The summed E-state index contributed by atoms with van der Waals surface area (Å²) in [6.45, 7) is 1.64. The number of aliphatic hydroxyl groups excluding tert-OH is 2. The molecule has 1 aliphatic carbocycles. The van der Waals surface area contributed by atoms with E-state index in [0.717, 1.165) is 22.3 Å². The van der Waals surface area contributed by atoms with Gasteiger partial charge in [0.1, 0.15) is 28.9 Å². The summed E-state index contributed by atoms with van der Waals surface area (Å²) in [6, 6.07) is 15.4. The number of phenolic OH excluding ortho intramolecular Hbond substituents is 1. The third-order valence-electron chi connectivity index (χ3n) is 8.38. The topological polar surface area (TPSA) is 133 Å². The highest BCUT2D eigenvalue weighted by Crippen LogP contribution is 2.43. The molecule has 3 aromatic rings. The number of Topliss-reactive ketones (excluding diaryl/α,β-unsaturated/α-hetero) is 3. The summed E-state index contributed by atoms with van der Waals surface area (Å²) in [7, 11) is 1.56. The average Bonchev–Trinajstić information content (AvgIpc) is 2.97. The zero-order chi connectivity index (χ0) is 31.8. The molecule has 4 N–H and O–H groups in total. The Morgan fingerprint density at radius 2 is 1.77 bits per heavy atom. The first-order valence-electron chi connectivity index (χ1n) is 14.9. The molecule has 4 rings (SSSR count). The molecule has 234 valence electrons. The standard InChI is InChI=1S/C35H40FNO7/c1-21(40)12-32(42)30(20-39)25(10-11-38)13-24-16-29-27(7-8-31(41)35(29)33(43)17-24)28-15-23(6-9-34(28)44-2)19-37-18-22-4-3-5-26(36)14-22/h3-9,14-15,24-25,30,37-39,41H,10-13,16-20H2,1-2H3. The fourth-order valence-corrected chi connectivity index (χ4v) is 6.34. The van der Waals surface area contributed by atoms with Gasteiger partial charge < -0.3 is 25.4 Å². The van der Waals surface area contributed by atoms with Crippen molar-refractivity contribution >= 4 is 17.3 Å². The Bertz CT molecular complexity index is 1500. The molecule has 0 aromatic heterocycles. The summed E-state index contributed by atoms with van der Waals surface area (Å²) in [4.78, 5) is 37.8. The molecule has 0 fully saturated rings. The van der Waals surface area contributed by atoms with Gasteiger partial charge in [0.05, 0.1) is 25.7 Å². The summed E-state index contributed by atoms with van der Waals surface area (Å²) in [5.74, 6) is -2.13. The predicted molar refractivity (Wildman–Crippen MR) is 164 cm³/mol. The number of carbonyl (C=O) groups excluding carboxylic acids is 3. The van der Waals surface area contributed by atoms with Crippen LogP contribution in [0.5, 0.6) is 11.5 Å². The van der Waals surface area contributed by atoms with Crippen molar-refractivity contribution in [3.8, 4) is 22.6 Å². The largest absolute Gasteiger partial charge is 0.507 e. The molecule has 3 atom stereocenters. The minimum Gasteiger partial charge on any atom is -0.507 e. The second-order valence-electron chi connectivity index (χ2n) is 11.6. The Morgan fingerprint density at radius 3 is 2.43 bits per heavy atom. The number of carbonyl (C=O) groups is 3. The molecule has 0 heterocycles. The highest BCUT2D eigenvalue weighted by molar-refractivity contribution is 6.03. The van der Waals surface area contributed by atoms with Gasteiger partial charge in [0.25, 0.3) is 0 Å². The minimum atomic E-state index is -0.817. The minimum absolute atomic E-state index is 0.101. The molecule has 0 aliphatic heterocycles. The van der Waals surface area contributed by atoms with Gasteiger partial charge >= 0.3 is 0 Å². The highest BCUT2D eigenvalue weighted by atomic mass is 19.1. The van der Waals surface area contributed by atoms with Gasteiger partial charge in [-0.05, 0) is 90.6 Å². The van der Waals surface area contributed by atoms with Crippen molar-refractivity contribution < 1.29 is 38.8 Å². The number of rotatable bonds is 15. The van der Waals surface area contributed by atoms with E-state index >= 15 is 0 Å². The van der Waals surface area contributed by atoms with Crippen LogP contribution in [0.15, 0.2) is 54.6 Å². The average molecular weight is 606 g/mol.